The summed E-state index contributed by atoms with van der Waals surface area (Å²) in [5, 5.41) is 6.67. The molecule has 0 amide bonds. The molecule has 0 bridgehead atoms. The van der Waals surface area contributed by atoms with Gasteiger partial charge < -0.3 is 9.64 Å². The maximum Gasteiger partial charge on any atom is 0.164 e. The van der Waals surface area contributed by atoms with Gasteiger partial charge in [0, 0.05) is 43.3 Å². The van der Waals surface area contributed by atoms with E-state index in [-0.39, 0.29) is 0 Å². The third-order valence-electron chi connectivity index (χ3n) is 6.97. The minimum Gasteiger partial charge on any atom is -0.378 e. The number of nitrogens with zero attached hydrogens (tertiary/aromatic N) is 6. The van der Waals surface area contributed by atoms with Crippen LogP contribution in [0.25, 0.3) is 22.4 Å². The molecule has 35 heavy (non-hydrogen) atoms. The molecule has 2 fully saturated rings. The number of halogens is 1. The van der Waals surface area contributed by atoms with Crippen molar-refractivity contribution in [3.8, 4) is 11.4 Å². The quantitative estimate of drug-likeness (QED) is 0.401. The van der Waals surface area contributed by atoms with E-state index < -0.39 is 0 Å². The lowest BCUT2D eigenvalue weighted by Gasteiger charge is -2.32. The molecule has 0 atom stereocenters. The predicted octanol–water partition coefficient (Wildman–Crippen LogP) is 4.82. The number of ether oxygens (including phenoxy) is 1. The lowest BCUT2D eigenvalue weighted by Crippen LogP contribution is -2.37. The molecule has 0 spiro atoms. The third-order valence-corrected chi connectivity index (χ3v) is 7.21. The molecule has 6 rings (SSSR count). The average Bonchev–Trinajstić information content (AvgIpc) is 3.34. The van der Waals surface area contributed by atoms with E-state index >= 15 is 0 Å². The molecule has 0 unspecified atom stereocenters. The number of rotatable bonds is 5. The second kappa shape index (κ2) is 9.93. The van der Waals surface area contributed by atoms with Crippen LogP contribution in [-0.4, -0.2) is 64.0 Å². The molecule has 4 heterocycles. The Hall–Kier alpha value is -3.00. The Morgan fingerprint density at radius 1 is 0.914 bits per heavy atom. The second-order valence-corrected chi connectivity index (χ2v) is 9.74. The van der Waals surface area contributed by atoms with Gasteiger partial charge in [-0.05, 0) is 30.5 Å². The molecule has 0 saturated carbocycles. The Bertz CT molecular complexity index is 1300. The lowest BCUT2D eigenvalue weighted by atomic mass is 10.0. The topological polar surface area (TPSA) is 59.3 Å². The number of morpholine rings is 1. The molecule has 4 aromatic rings. The number of benzene rings is 2. The van der Waals surface area contributed by atoms with Crippen LogP contribution in [0.15, 0.2) is 60.8 Å². The van der Waals surface area contributed by atoms with Crippen molar-refractivity contribution in [3.05, 3.63) is 71.4 Å². The minimum absolute atomic E-state index is 0.319. The highest BCUT2D eigenvalue weighted by atomic mass is 35.5. The van der Waals surface area contributed by atoms with Crippen molar-refractivity contribution in [3.63, 3.8) is 0 Å². The lowest BCUT2D eigenvalue weighted by molar-refractivity contribution is 0.122. The van der Waals surface area contributed by atoms with Gasteiger partial charge in [0.15, 0.2) is 11.5 Å². The SMILES string of the molecule is Clc1cccc(CN2CCC(n3ncc4c(N5CCOCC5)nc(-c5ccccc5)nc43)CC2)c1. The molecular formula is C27H29ClN6O. The Morgan fingerprint density at radius 3 is 2.49 bits per heavy atom. The first kappa shape index (κ1) is 22.5. The van der Waals surface area contributed by atoms with Crippen molar-refractivity contribution >= 4 is 28.5 Å². The fourth-order valence-corrected chi connectivity index (χ4v) is 5.34. The van der Waals surface area contributed by atoms with E-state index in [1.54, 1.807) is 0 Å². The zero-order chi connectivity index (χ0) is 23.6. The number of aromatic nitrogens is 4. The maximum absolute atomic E-state index is 6.18. The minimum atomic E-state index is 0.319. The second-order valence-electron chi connectivity index (χ2n) is 9.30. The van der Waals surface area contributed by atoms with Crippen molar-refractivity contribution < 1.29 is 4.74 Å². The van der Waals surface area contributed by atoms with Crippen LogP contribution in [0, 0.1) is 0 Å². The molecule has 2 aromatic carbocycles. The number of anilines is 1. The molecular weight excluding hydrogens is 460 g/mol. The van der Waals surface area contributed by atoms with Crippen molar-refractivity contribution in [2.24, 2.45) is 0 Å². The normalized spacial score (nSPS) is 17.8. The van der Waals surface area contributed by atoms with Gasteiger partial charge in [0.1, 0.15) is 5.82 Å². The van der Waals surface area contributed by atoms with Crippen LogP contribution in [-0.2, 0) is 11.3 Å². The van der Waals surface area contributed by atoms with Crippen LogP contribution >= 0.6 is 11.6 Å². The molecule has 180 valence electrons. The van der Waals surface area contributed by atoms with Gasteiger partial charge in [-0.2, -0.15) is 5.10 Å². The summed E-state index contributed by atoms with van der Waals surface area (Å²) in [6, 6.07) is 18.7. The summed E-state index contributed by atoms with van der Waals surface area (Å²) >= 11 is 6.18. The summed E-state index contributed by atoms with van der Waals surface area (Å²) in [6.45, 7) is 6.04. The van der Waals surface area contributed by atoms with Crippen molar-refractivity contribution in [2.45, 2.75) is 25.4 Å². The summed E-state index contributed by atoms with van der Waals surface area (Å²) in [4.78, 5) is 14.8. The summed E-state index contributed by atoms with van der Waals surface area (Å²) in [6.07, 6.45) is 4.02. The molecule has 2 aromatic heterocycles. The van der Waals surface area contributed by atoms with Gasteiger partial charge in [0.05, 0.1) is 30.8 Å². The monoisotopic (exact) mass is 488 g/mol. The first-order valence-electron chi connectivity index (χ1n) is 12.3. The van der Waals surface area contributed by atoms with Gasteiger partial charge in [-0.25, -0.2) is 14.6 Å². The van der Waals surface area contributed by atoms with E-state index in [0.29, 0.717) is 19.3 Å². The highest BCUT2D eigenvalue weighted by molar-refractivity contribution is 6.30. The van der Waals surface area contributed by atoms with Crippen molar-refractivity contribution in [2.75, 3.05) is 44.3 Å². The Kier molecular flexibility index (Phi) is 6.37. The van der Waals surface area contributed by atoms with Crippen LogP contribution in [0.1, 0.15) is 24.4 Å². The van der Waals surface area contributed by atoms with Crippen LogP contribution in [0.4, 0.5) is 5.82 Å². The molecule has 2 saturated heterocycles. The van der Waals surface area contributed by atoms with E-state index in [0.717, 1.165) is 78.8 Å². The zero-order valence-corrected chi connectivity index (χ0v) is 20.4. The number of hydrogen-bond acceptors (Lipinski definition) is 6. The Balaban J connectivity index is 1.29. The van der Waals surface area contributed by atoms with Crippen LogP contribution in [0.3, 0.4) is 0 Å². The van der Waals surface area contributed by atoms with Crippen LogP contribution in [0.5, 0.6) is 0 Å². The van der Waals surface area contributed by atoms with Gasteiger partial charge in [0.25, 0.3) is 0 Å². The molecule has 2 aliphatic rings. The van der Waals surface area contributed by atoms with Crippen LogP contribution in [0.2, 0.25) is 5.02 Å². The standard InChI is InChI=1S/C27H29ClN6O/c28-22-8-4-5-20(17-22)19-32-11-9-23(10-12-32)34-27-24(18-29-34)26(33-13-15-35-16-14-33)30-25(31-27)21-6-2-1-3-7-21/h1-8,17-18,23H,9-16,19H2. The predicted molar refractivity (Wildman–Crippen MR) is 139 cm³/mol. The van der Waals surface area contributed by atoms with Crippen molar-refractivity contribution in [1.82, 2.24) is 24.6 Å². The van der Waals surface area contributed by atoms with Gasteiger partial charge in [-0.3, -0.25) is 4.90 Å². The average molecular weight is 489 g/mol. The van der Waals surface area contributed by atoms with Gasteiger partial charge >= 0.3 is 0 Å². The van der Waals surface area contributed by atoms with E-state index in [9.17, 15) is 0 Å². The fraction of sp³-hybridized carbons (Fsp3) is 0.370. The first-order chi connectivity index (χ1) is 17.2. The molecule has 8 heteroatoms. The number of hydrogen-bond donors (Lipinski definition) is 0. The fourth-order valence-electron chi connectivity index (χ4n) is 5.13. The molecule has 7 nitrogen and oxygen atoms in total. The summed E-state index contributed by atoms with van der Waals surface area (Å²) in [5.74, 6) is 1.71. The van der Waals surface area contributed by atoms with Crippen LogP contribution < -0.4 is 4.90 Å². The Labute approximate surface area is 210 Å². The summed E-state index contributed by atoms with van der Waals surface area (Å²) in [7, 11) is 0. The van der Waals surface area contributed by atoms with E-state index in [4.69, 9.17) is 31.4 Å². The van der Waals surface area contributed by atoms with E-state index in [2.05, 4.69) is 38.7 Å². The highest BCUT2D eigenvalue weighted by Crippen LogP contribution is 2.32. The number of fused-ring (bicyclic) bond motifs is 1. The molecule has 0 radical (unpaired) electrons. The zero-order valence-electron chi connectivity index (χ0n) is 19.7. The molecule has 0 aliphatic carbocycles. The first-order valence-corrected chi connectivity index (χ1v) is 12.7. The Morgan fingerprint density at radius 2 is 1.71 bits per heavy atom. The van der Waals surface area contributed by atoms with Gasteiger partial charge in [0.2, 0.25) is 0 Å². The van der Waals surface area contributed by atoms with Gasteiger partial charge in [-0.1, -0.05) is 54.1 Å². The van der Waals surface area contributed by atoms with E-state index in [1.165, 1.54) is 5.56 Å². The summed E-state index contributed by atoms with van der Waals surface area (Å²) in [5.41, 5.74) is 3.21. The summed E-state index contributed by atoms with van der Waals surface area (Å²) < 4.78 is 7.73. The van der Waals surface area contributed by atoms with E-state index in [1.807, 2.05) is 36.5 Å². The maximum atomic E-state index is 6.18. The highest BCUT2D eigenvalue weighted by Gasteiger charge is 2.26. The van der Waals surface area contributed by atoms with Crippen molar-refractivity contribution in [1.29, 1.82) is 0 Å². The molecule has 0 N–H and O–H groups in total. The molecule has 2 aliphatic heterocycles. The van der Waals surface area contributed by atoms with Gasteiger partial charge in [-0.15, -0.1) is 0 Å². The number of likely N-dealkylation sites (tertiary alicyclic amines) is 1. The smallest absolute Gasteiger partial charge is 0.164 e. The largest absolute Gasteiger partial charge is 0.378 e. The third kappa shape index (κ3) is 4.76. The number of piperidine rings is 1.